The molecule has 0 aromatic heterocycles. The van der Waals surface area contributed by atoms with Crippen LogP contribution in [0.1, 0.15) is 37.8 Å². The quantitative estimate of drug-likeness (QED) is 0.198. The van der Waals surface area contributed by atoms with Crippen LogP contribution in [-0.4, -0.2) is 0 Å². The van der Waals surface area contributed by atoms with Crippen molar-refractivity contribution in [2.75, 3.05) is 10.6 Å². The van der Waals surface area contributed by atoms with Crippen LogP contribution in [0.3, 0.4) is 0 Å². The fourth-order valence-electron chi connectivity index (χ4n) is 7.14. The van der Waals surface area contributed by atoms with Crippen molar-refractivity contribution in [2.45, 2.75) is 33.1 Å². The van der Waals surface area contributed by atoms with Crippen LogP contribution < -0.4 is 10.6 Å². The molecule has 2 nitrogen and oxygen atoms in total. The first-order chi connectivity index (χ1) is 20.5. The topological polar surface area (TPSA) is 24.1 Å². The van der Waals surface area contributed by atoms with Gasteiger partial charge in [0.2, 0.25) is 0 Å². The van der Waals surface area contributed by atoms with Crippen LogP contribution in [0, 0.1) is 17.8 Å². The van der Waals surface area contributed by atoms with E-state index in [9.17, 15) is 0 Å². The van der Waals surface area contributed by atoms with Gasteiger partial charge in [-0.25, -0.2) is 0 Å². The van der Waals surface area contributed by atoms with Crippen LogP contribution in [0.4, 0.5) is 22.7 Å². The minimum Gasteiger partial charge on any atom is -0.356 e. The third kappa shape index (κ3) is 4.92. The number of hydrogen-bond acceptors (Lipinski definition) is 2. The number of fused-ring (bicyclic) bond motifs is 3. The highest BCUT2D eigenvalue weighted by molar-refractivity contribution is 5.81. The Balaban J connectivity index is 1.27. The molecule has 0 saturated heterocycles. The van der Waals surface area contributed by atoms with Gasteiger partial charge in [-0.3, -0.25) is 0 Å². The SMILES string of the molecule is CC1=CC2C1c1c(-c3ccc(Nc4ccccc4)cc3)ccc(-c3ccc(Nc4ccccc4)cc3)c1CC2C(C)C. The van der Waals surface area contributed by atoms with E-state index in [1.54, 1.807) is 5.56 Å². The van der Waals surface area contributed by atoms with E-state index >= 15 is 0 Å². The maximum Gasteiger partial charge on any atom is 0.0384 e. The lowest BCUT2D eigenvalue weighted by Gasteiger charge is -2.48. The number of hydrogen-bond donors (Lipinski definition) is 2. The maximum atomic E-state index is 3.53. The van der Waals surface area contributed by atoms with Gasteiger partial charge in [-0.15, -0.1) is 0 Å². The van der Waals surface area contributed by atoms with Crippen LogP contribution in [0.25, 0.3) is 22.3 Å². The van der Waals surface area contributed by atoms with Crippen molar-refractivity contribution in [3.63, 3.8) is 0 Å². The molecule has 0 heterocycles. The molecular weight excluding hydrogens is 508 g/mol. The smallest absolute Gasteiger partial charge is 0.0384 e. The van der Waals surface area contributed by atoms with Crippen LogP contribution in [0.2, 0.25) is 0 Å². The lowest BCUT2D eigenvalue weighted by atomic mass is 9.56. The summed E-state index contributed by atoms with van der Waals surface area (Å²) in [6.07, 6.45) is 3.67. The van der Waals surface area contributed by atoms with E-state index in [1.807, 2.05) is 12.1 Å². The van der Waals surface area contributed by atoms with Gasteiger partial charge in [-0.1, -0.05) is 98.3 Å². The summed E-state index contributed by atoms with van der Waals surface area (Å²) in [6.45, 7) is 7.14. The van der Waals surface area contributed by atoms with Crippen molar-refractivity contribution in [3.8, 4) is 22.3 Å². The zero-order valence-corrected chi connectivity index (χ0v) is 24.6. The van der Waals surface area contributed by atoms with Gasteiger partial charge in [0.15, 0.2) is 0 Å². The maximum absolute atomic E-state index is 3.53. The Kier molecular flexibility index (Phi) is 6.91. The van der Waals surface area contributed by atoms with Crippen LogP contribution in [-0.2, 0) is 6.42 Å². The second-order valence-corrected chi connectivity index (χ2v) is 12.3. The molecule has 2 aliphatic rings. The largest absolute Gasteiger partial charge is 0.356 e. The predicted molar refractivity (Wildman–Crippen MR) is 179 cm³/mol. The molecule has 0 aliphatic heterocycles. The zero-order valence-electron chi connectivity index (χ0n) is 24.6. The summed E-state index contributed by atoms with van der Waals surface area (Å²) in [4.78, 5) is 0. The molecule has 208 valence electrons. The van der Waals surface area contributed by atoms with Crippen molar-refractivity contribution < 1.29 is 0 Å². The molecule has 3 unspecified atom stereocenters. The van der Waals surface area contributed by atoms with Crippen LogP contribution in [0.15, 0.2) is 133 Å². The van der Waals surface area contributed by atoms with Gasteiger partial charge >= 0.3 is 0 Å². The standard InChI is InChI=1S/C40H38N2/c1-26(2)36-25-38-34(28-14-18-32(19-15-28)41-30-10-6-4-7-11-30)22-23-35(40(38)39-27(3)24-37(36)39)29-16-20-33(21-17-29)42-31-12-8-5-9-13-31/h4-24,26,36-37,39,41-42H,25H2,1-3H3. The van der Waals surface area contributed by atoms with Crippen LogP contribution >= 0.6 is 0 Å². The Hall–Kier alpha value is -4.56. The van der Waals surface area contributed by atoms with E-state index < -0.39 is 0 Å². The molecule has 0 saturated carbocycles. The zero-order chi connectivity index (χ0) is 28.6. The van der Waals surface area contributed by atoms with E-state index in [2.05, 4.69) is 147 Å². The summed E-state index contributed by atoms with van der Waals surface area (Å²) in [7, 11) is 0. The lowest BCUT2D eigenvalue weighted by Crippen LogP contribution is -2.38. The van der Waals surface area contributed by atoms with Gasteiger partial charge in [0.05, 0.1) is 0 Å². The van der Waals surface area contributed by atoms with Crippen molar-refractivity contribution in [2.24, 2.45) is 17.8 Å². The summed E-state index contributed by atoms with van der Waals surface area (Å²) < 4.78 is 0. The van der Waals surface area contributed by atoms with Crippen molar-refractivity contribution >= 4 is 22.7 Å². The number of rotatable bonds is 7. The van der Waals surface area contributed by atoms with E-state index in [4.69, 9.17) is 0 Å². The van der Waals surface area contributed by atoms with E-state index in [-0.39, 0.29) is 0 Å². The van der Waals surface area contributed by atoms with E-state index in [1.165, 1.54) is 33.4 Å². The summed E-state index contributed by atoms with van der Waals surface area (Å²) in [5.41, 5.74) is 14.4. The molecule has 0 amide bonds. The molecule has 3 atom stereocenters. The molecule has 5 aromatic rings. The van der Waals surface area contributed by atoms with Crippen molar-refractivity contribution in [3.05, 3.63) is 144 Å². The predicted octanol–water partition coefficient (Wildman–Crippen LogP) is 11.0. The van der Waals surface area contributed by atoms with Gasteiger partial charge in [0.25, 0.3) is 0 Å². The second-order valence-electron chi connectivity index (χ2n) is 12.3. The molecule has 2 N–H and O–H groups in total. The Labute approximate surface area is 250 Å². The van der Waals surface area contributed by atoms with Gasteiger partial charge in [0, 0.05) is 28.7 Å². The first kappa shape index (κ1) is 26.3. The molecule has 0 spiro atoms. The van der Waals surface area contributed by atoms with Gasteiger partial charge in [-0.05, 0) is 113 Å². The highest BCUT2D eigenvalue weighted by Crippen LogP contribution is 2.57. The van der Waals surface area contributed by atoms with Gasteiger partial charge in [0.1, 0.15) is 0 Å². The first-order valence-corrected chi connectivity index (χ1v) is 15.2. The normalized spacial score (nSPS) is 18.9. The summed E-state index contributed by atoms with van der Waals surface area (Å²) >= 11 is 0. The second kappa shape index (κ2) is 11.0. The minimum absolute atomic E-state index is 0.497. The molecule has 0 fully saturated rings. The summed E-state index contributed by atoms with van der Waals surface area (Å²) in [5.74, 6) is 2.43. The molecular formula is C40H38N2. The van der Waals surface area contributed by atoms with Crippen LogP contribution in [0.5, 0.6) is 0 Å². The van der Waals surface area contributed by atoms with Crippen molar-refractivity contribution in [1.82, 2.24) is 0 Å². The third-order valence-electron chi connectivity index (χ3n) is 9.31. The fraction of sp³-hybridized carbons (Fsp3) is 0.200. The minimum atomic E-state index is 0.497. The summed E-state index contributed by atoms with van der Waals surface area (Å²) in [5, 5.41) is 7.07. The molecule has 42 heavy (non-hydrogen) atoms. The number of allylic oxidation sites excluding steroid dienone is 2. The molecule has 5 aromatic carbocycles. The third-order valence-corrected chi connectivity index (χ3v) is 9.31. The number of para-hydroxylation sites is 2. The number of nitrogens with one attached hydrogen (secondary N) is 2. The first-order valence-electron chi connectivity index (χ1n) is 15.2. The van der Waals surface area contributed by atoms with E-state index in [0.717, 1.165) is 29.2 Å². The molecule has 0 radical (unpaired) electrons. The monoisotopic (exact) mass is 546 g/mol. The van der Waals surface area contributed by atoms with Crippen molar-refractivity contribution in [1.29, 1.82) is 0 Å². The average molecular weight is 547 g/mol. The molecule has 2 heteroatoms. The Morgan fingerprint density at radius 3 is 1.55 bits per heavy atom. The Morgan fingerprint density at radius 2 is 1.05 bits per heavy atom. The van der Waals surface area contributed by atoms with Gasteiger partial charge < -0.3 is 10.6 Å². The highest BCUT2D eigenvalue weighted by Gasteiger charge is 2.44. The fourth-order valence-corrected chi connectivity index (χ4v) is 7.14. The van der Waals surface area contributed by atoms with E-state index in [0.29, 0.717) is 23.7 Å². The highest BCUT2D eigenvalue weighted by atomic mass is 14.9. The Morgan fingerprint density at radius 1 is 0.571 bits per heavy atom. The molecule has 0 bridgehead atoms. The average Bonchev–Trinajstić information content (AvgIpc) is 3.01. The number of anilines is 4. The summed E-state index contributed by atoms with van der Waals surface area (Å²) in [6, 6.07) is 43.5. The molecule has 2 aliphatic carbocycles. The lowest BCUT2D eigenvalue weighted by molar-refractivity contribution is 0.233. The Bertz CT molecular complexity index is 1720. The molecule has 7 rings (SSSR count). The van der Waals surface area contributed by atoms with Gasteiger partial charge in [-0.2, -0.15) is 0 Å². The number of benzene rings is 5.